The van der Waals surface area contributed by atoms with E-state index >= 15 is 0 Å². The topological polar surface area (TPSA) is 35.0 Å². The largest absolute Gasteiger partial charge is 0.344 e. The number of alkyl halides is 3. The molecule has 0 heterocycles. The Balaban J connectivity index is 0. The zero-order chi connectivity index (χ0) is 4.99. The highest BCUT2D eigenvalue weighted by Gasteiger charge is 1.94. The highest BCUT2D eigenvalue weighted by molar-refractivity contribution is 9.13. The zero-order valence-corrected chi connectivity index (χ0v) is 8.59. The molecule has 0 radical (unpaired) electrons. The molecular formula is C3H8Br3N. The van der Waals surface area contributed by atoms with E-state index in [9.17, 15) is 0 Å². The minimum atomic E-state index is 0. The summed E-state index contributed by atoms with van der Waals surface area (Å²) in [6.07, 6.45) is 0. The van der Waals surface area contributed by atoms with Crippen LogP contribution in [0.15, 0.2) is 0 Å². The molecule has 0 unspecified atom stereocenters. The van der Waals surface area contributed by atoms with Crippen LogP contribution >= 0.6 is 47.8 Å². The molecule has 0 aliphatic heterocycles. The van der Waals surface area contributed by atoms with Gasteiger partial charge in [0.05, 0.1) is 0 Å². The first kappa shape index (κ1) is 11.2. The highest BCUT2D eigenvalue weighted by atomic mass is 79.9. The molecule has 4 heteroatoms. The van der Waals surface area contributed by atoms with E-state index in [2.05, 4.69) is 47.8 Å². The maximum Gasteiger partial charge on any atom is 0.0339 e. The lowest BCUT2D eigenvalue weighted by Gasteiger charge is -1.93. The lowest BCUT2D eigenvalue weighted by atomic mass is 10.6. The van der Waals surface area contributed by atoms with Crippen molar-refractivity contribution in [1.29, 1.82) is 0 Å². The Bertz CT molecular complexity index is 29.4. The molecular weight excluding hydrogens is 290 g/mol. The Morgan fingerprint density at radius 2 is 1.43 bits per heavy atom. The molecule has 0 saturated carbocycles. The van der Waals surface area contributed by atoms with Crippen LogP contribution in [-0.2, 0) is 0 Å². The minimum absolute atomic E-state index is 0. The molecule has 0 bridgehead atoms. The van der Waals surface area contributed by atoms with E-state index in [0.29, 0.717) is 4.83 Å². The second-order valence-electron chi connectivity index (χ2n) is 0.906. The van der Waals surface area contributed by atoms with E-state index in [1.807, 2.05) is 0 Å². The van der Waals surface area contributed by atoms with Crippen LogP contribution in [0.4, 0.5) is 0 Å². The van der Waals surface area contributed by atoms with Gasteiger partial charge in [0.25, 0.3) is 0 Å². The third-order valence-electron chi connectivity index (χ3n) is 0.335. The van der Waals surface area contributed by atoms with Gasteiger partial charge in [0, 0.05) is 15.5 Å². The molecule has 0 aliphatic rings. The van der Waals surface area contributed by atoms with Crippen molar-refractivity contribution in [3.63, 3.8) is 0 Å². The Morgan fingerprint density at radius 3 is 1.43 bits per heavy atom. The molecule has 0 spiro atoms. The summed E-state index contributed by atoms with van der Waals surface area (Å²) in [6, 6.07) is 0. The average Bonchev–Trinajstić information content (AvgIpc) is 1.65. The molecule has 0 rings (SSSR count). The van der Waals surface area contributed by atoms with Crippen molar-refractivity contribution in [3.8, 4) is 0 Å². The Labute approximate surface area is 69.2 Å². The van der Waals surface area contributed by atoms with E-state index in [1.54, 1.807) is 0 Å². The SMILES string of the molecule is BrCC(Br)CBr.N. The maximum absolute atomic E-state index is 3.38. The van der Waals surface area contributed by atoms with Gasteiger partial charge in [-0.3, -0.25) is 0 Å². The van der Waals surface area contributed by atoms with Gasteiger partial charge in [0.1, 0.15) is 0 Å². The van der Waals surface area contributed by atoms with E-state index in [1.165, 1.54) is 0 Å². The Kier molecular flexibility index (Phi) is 11.9. The van der Waals surface area contributed by atoms with Crippen molar-refractivity contribution >= 4 is 47.8 Å². The van der Waals surface area contributed by atoms with E-state index in [-0.39, 0.29) is 6.15 Å². The third-order valence-corrected chi connectivity index (χ3v) is 4.28. The molecule has 0 amide bonds. The van der Waals surface area contributed by atoms with Gasteiger partial charge in [-0.05, 0) is 0 Å². The second-order valence-corrected chi connectivity index (χ2v) is 3.50. The standard InChI is InChI=1S/C3H5Br3.H3N/c4-1-3(6)2-5;/h3H,1-2H2;1H3. The van der Waals surface area contributed by atoms with Crippen LogP contribution in [-0.4, -0.2) is 15.5 Å². The maximum atomic E-state index is 3.38. The van der Waals surface area contributed by atoms with Crippen molar-refractivity contribution in [2.75, 3.05) is 10.7 Å². The molecule has 0 aromatic rings. The summed E-state index contributed by atoms with van der Waals surface area (Å²) in [4.78, 5) is 0.581. The molecule has 0 aromatic heterocycles. The van der Waals surface area contributed by atoms with E-state index in [0.717, 1.165) is 10.7 Å². The van der Waals surface area contributed by atoms with Crippen molar-refractivity contribution in [2.45, 2.75) is 4.83 Å². The van der Waals surface area contributed by atoms with Crippen LogP contribution in [0, 0.1) is 0 Å². The first-order chi connectivity index (χ1) is 2.81. The van der Waals surface area contributed by atoms with Crippen LogP contribution in [0.3, 0.4) is 0 Å². The van der Waals surface area contributed by atoms with Gasteiger partial charge in [-0.25, -0.2) is 0 Å². The van der Waals surface area contributed by atoms with Crippen molar-refractivity contribution in [2.24, 2.45) is 0 Å². The van der Waals surface area contributed by atoms with Gasteiger partial charge >= 0.3 is 0 Å². The van der Waals surface area contributed by atoms with Crippen molar-refractivity contribution < 1.29 is 0 Å². The van der Waals surface area contributed by atoms with Crippen molar-refractivity contribution in [3.05, 3.63) is 0 Å². The summed E-state index contributed by atoms with van der Waals surface area (Å²) in [7, 11) is 0. The van der Waals surface area contributed by atoms with Gasteiger partial charge < -0.3 is 6.15 Å². The lowest BCUT2D eigenvalue weighted by Crippen LogP contribution is -1.97. The lowest BCUT2D eigenvalue weighted by molar-refractivity contribution is 1.20. The monoisotopic (exact) mass is 295 g/mol. The molecule has 0 aliphatic carbocycles. The number of hydrogen-bond donors (Lipinski definition) is 1. The van der Waals surface area contributed by atoms with E-state index in [4.69, 9.17) is 0 Å². The second kappa shape index (κ2) is 7.40. The third kappa shape index (κ3) is 7.40. The molecule has 0 atom stereocenters. The summed E-state index contributed by atoms with van der Waals surface area (Å²) in [6.45, 7) is 0. The number of rotatable bonds is 2. The Morgan fingerprint density at radius 1 is 1.14 bits per heavy atom. The fourth-order valence-electron chi connectivity index (χ4n) is 0.0412. The quantitative estimate of drug-likeness (QED) is 0.782. The van der Waals surface area contributed by atoms with Gasteiger partial charge in [-0.1, -0.05) is 47.8 Å². The first-order valence-electron chi connectivity index (χ1n) is 1.57. The normalized spacial score (nSPS) is 8.57. The number of hydrogen-bond acceptors (Lipinski definition) is 1. The minimum Gasteiger partial charge on any atom is -0.344 e. The van der Waals surface area contributed by atoms with E-state index < -0.39 is 0 Å². The molecule has 1 nitrogen and oxygen atoms in total. The van der Waals surface area contributed by atoms with Crippen LogP contribution in [0.25, 0.3) is 0 Å². The van der Waals surface area contributed by atoms with Gasteiger partial charge in [0.2, 0.25) is 0 Å². The molecule has 0 aromatic carbocycles. The summed E-state index contributed by atoms with van der Waals surface area (Å²) in [5.74, 6) is 0. The summed E-state index contributed by atoms with van der Waals surface area (Å²) < 4.78 is 0. The summed E-state index contributed by atoms with van der Waals surface area (Å²) >= 11 is 9.98. The van der Waals surface area contributed by atoms with Gasteiger partial charge in [0.15, 0.2) is 0 Å². The van der Waals surface area contributed by atoms with Crippen LogP contribution in [0.5, 0.6) is 0 Å². The molecule has 46 valence electrons. The Hall–Kier alpha value is 1.40. The average molecular weight is 298 g/mol. The highest BCUT2D eigenvalue weighted by Crippen LogP contribution is 2.05. The molecule has 3 N–H and O–H groups in total. The van der Waals surface area contributed by atoms with Crippen LogP contribution in [0.2, 0.25) is 0 Å². The zero-order valence-electron chi connectivity index (χ0n) is 3.83. The smallest absolute Gasteiger partial charge is 0.0339 e. The molecule has 0 fully saturated rings. The molecule has 7 heavy (non-hydrogen) atoms. The molecule has 0 saturated heterocycles. The predicted octanol–water partition coefficient (Wildman–Crippen LogP) is 2.70. The van der Waals surface area contributed by atoms with Crippen molar-refractivity contribution in [1.82, 2.24) is 6.15 Å². The van der Waals surface area contributed by atoms with Crippen LogP contribution < -0.4 is 6.15 Å². The number of halogens is 3. The fourth-order valence-corrected chi connectivity index (χ4v) is 1.11. The summed E-state index contributed by atoms with van der Waals surface area (Å²) in [5.41, 5.74) is 0. The van der Waals surface area contributed by atoms with Gasteiger partial charge in [-0.2, -0.15) is 0 Å². The summed E-state index contributed by atoms with van der Waals surface area (Å²) in [5, 5.41) is 2.02. The first-order valence-corrected chi connectivity index (χ1v) is 4.73. The van der Waals surface area contributed by atoms with Crippen LogP contribution in [0.1, 0.15) is 0 Å². The predicted molar refractivity (Wildman–Crippen MR) is 45.3 cm³/mol. The van der Waals surface area contributed by atoms with Gasteiger partial charge in [-0.15, -0.1) is 0 Å². The fraction of sp³-hybridized carbons (Fsp3) is 1.00.